The Labute approximate surface area is 121 Å². The molecule has 1 amide bonds. The molecule has 21 heavy (non-hydrogen) atoms. The number of pyridine rings is 1. The summed E-state index contributed by atoms with van der Waals surface area (Å²) in [6.07, 6.45) is -0.227. The van der Waals surface area contributed by atoms with Crippen molar-refractivity contribution >= 4 is 5.91 Å². The van der Waals surface area contributed by atoms with Gasteiger partial charge in [0.25, 0.3) is 5.91 Å². The Morgan fingerprint density at radius 3 is 2.71 bits per heavy atom. The van der Waals surface area contributed by atoms with Crippen molar-refractivity contribution < 1.29 is 18.0 Å². The van der Waals surface area contributed by atoms with Gasteiger partial charge in [0, 0.05) is 18.8 Å². The van der Waals surface area contributed by atoms with E-state index in [1.807, 2.05) is 0 Å². The van der Waals surface area contributed by atoms with Crippen molar-refractivity contribution in [2.75, 3.05) is 13.1 Å². The van der Waals surface area contributed by atoms with Gasteiger partial charge in [-0.3, -0.25) is 9.78 Å². The number of nitrogens with zero attached hydrogens (tertiary/aromatic N) is 2. The van der Waals surface area contributed by atoms with E-state index in [1.165, 1.54) is 0 Å². The maximum atomic E-state index is 12.5. The van der Waals surface area contributed by atoms with E-state index >= 15 is 0 Å². The van der Waals surface area contributed by atoms with E-state index in [0.29, 0.717) is 25.7 Å². The third-order valence-electron chi connectivity index (χ3n) is 3.70. The number of aromatic nitrogens is 1. The summed E-state index contributed by atoms with van der Waals surface area (Å²) in [6.45, 7) is 1.08. The molecule has 1 saturated heterocycles. The molecule has 4 nitrogen and oxygen atoms in total. The number of hydrogen-bond acceptors (Lipinski definition) is 3. The van der Waals surface area contributed by atoms with Gasteiger partial charge in [0.1, 0.15) is 5.69 Å². The summed E-state index contributed by atoms with van der Waals surface area (Å²) in [5, 5.41) is 0. The lowest BCUT2D eigenvalue weighted by Gasteiger charge is -2.35. The molecule has 0 radical (unpaired) electrons. The molecule has 0 bridgehead atoms. The number of rotatable bonds is 3. The molecule has 0 aliphatic carbocycles. The van der Waals surface area contributed by atoms with Crippen LogP contribution in [0.1, 0.15) is 41.7 Å². The van der Waals surface area contributed by atoms with Crippen LogP contribution in [0.2, 0.25) is 0 Å². The number of hydrogen-bond donors (Lipinski definition) is 1. The molecule has 2 heterocycles. The smallest absolute Gasteiger partial charge is 0.334 e. The van der Waals surface area contributed by atoms with Crippen LogP contribution < -0.4 is 5.73 Å². The van der Waals surface area contributed by atoms with Gasteiger partial charge in [0.2, 0.25) is 0 Å². The molecule has 1 atom stereocenters. The minimum Gasteiger partial charge on any atom is -0.334 e. The Hall–Kier alpha value is -1.63. The minimum absolute atomic E-state index is 0.0481. The molecular weight excluding hydrogens is 283 g/mol. The number of carbonyl (C=O) groups excluding carboxylic acids is 1. The summed E-state index contributed by atoms with van der Waals surface area (Å²) in [4.78, 5) is 17.7. The highest BCUT2D eigenvalue weighted by Gasteiger charge is 2.32. The largest absolute Gasteiger partial charge is 0.417 e. The van der Waals surface area contributed by atoms with Crippen molar-refractivity contribution in [2.45, 2.75) is 37.9 Å². The first-order chi connectivity index (χ1) is 9.93. The molecule has 1 aromatic heterocycles. The molecule has 1 fully saturated rings. The number of alkyl halides is 3. The van der Waals surface area contributed by atoms with Gasteiger partial charge in [-0.1, -0.05) is 0 Å². The van der Waals surface area contributed by atoms with E-state index in [1.54, 1.807) is 4.90 Å². The minimum atomic E-state index is -4.44. The van der Waals surface area contributed by atoms with Crippen molar-refractivity contribution in [3.8, 4) is 0 Å². The topological polar surface area (TPSA) is 59.2 Å². The zero-order valence-corrected chi connectivity index (χ0v) is 11.6. The molecule has 116 valence electrons. The van der Waals surface area contributed by atoms with Crippen molar-refractivity contribution in [2.24, 2.45) is 5.73 Å². The van der Waals surface area contributed by atoms with Crippen LogP contribution in [0.15, 0.2) is 18.3 Å². The van der Waals surface area contributed by atoms with E-state index in [0.717, 1.165) is 31.4 Å². The van der Waals surface area contributed by atoms with Crippen LogP contribution in [0.5, 0.6) is 0 Å². The first-order valence-electron chi connectivity index (χ1n) is 6.98. The summed E-state index contributed by atoms with van der Waals surface area (Å²) in [7, 11) is 0. The summed E-state index contributed by atoms with van der Waals surface area (Å²) in [6, 6.07) is 2.09. The van der Waals surface area contributed by atoms with Crippen molar-refractivity contribution in [1.82, 2.24) is 9.88 Å². The summed E-state index contributed by atoms with van der Waals surface area (Å²) in [5.41, 5.74) is 4.75. The van der Waals surface area contributed by atoms with Crippen molar-refractivity contribution in [3.05, 3.63) is 29.6 Å². The number of amides is 1. The molecule has 0 aromatic carbocycles. The van der Waals surface area contributed by atoms with Gasteiger partial charge in [-0.15, -0.1) is 0 Å². The number of piperidine rings is 1. The Balaban J connectivity index is 2.14. The highest BCUT2D eigenvalue weighted by molar-refractivity contribution is 5.92. The lowest BCUT2D eigenvalue weighted by Crippen LogP contribution is -2.44. The van der Waals surface area contributed by atoms with E-state index in [-0.39, 0.29) is 17.6 Å². The monoisotopic (exact) mass is 301 g/mol. The number of nitrogens with two attached hydrogens (primary N) is 1. The highest BCUT2D eigenvalue weighted by atomic mass is 19.4. The maximum Gasteiger partial charge on any atom is 0.417 e. The van der Waals surface area contributed by atoms with Crippen LogP contribution in [0.3, 0.4) is 0 Å². The SMILES string of the molecule is NCCC1CCCCN1C(=O)c1ccc(C(F)(F)F)cn1. The van der Waals surface area contributed by atoms with Gasteiger partial charge < -0.3 is 10.6 Å². The van der Waals surface area contributed by atoms with E-state index in [4.69, 9.17) is 5.73 Å². The number of likely N-dealkylation sites (tertiary alicyclic amines) is 1. The van der Waals surface area contributed by atoms with Gasteiger partial charge in [0.05, 0.1) is 5.56 Å². The predicted molar refractivity (Wildman–Crippen MR) is 71.6 cm³/mol. The molecule has 1 unspecified atom stereocenters. The lowest BCUT2D eigenvalue weighted by molar-refractivity contribution is -0.137. The lowest BCUT2D eigenvalue weighted by atomic mass is 9.99. The van der Waals surface area contributed by atoms with Crippen LogP contribution in [-0.2, 0) is 6.18 Å². The average Bonchev–Trinajstić information content (AvgIpc) is 2.47. The fraction of sp³-hybridized carbons (Fsp3) is 0.571. The fourth-order valence-electron chi connectivity index (χ4n) is 2.60. The molecule has 1 aliphatic rings. The molecule has 0 spiro atoms. The second kappa shape index (κ2) is 6.43. The Morgan fingerprint density at radius 1 is 1.38 bits per heavy atom. The van der Waals surface area contributed by atoms with E-state index in [9.17, 15) is 18.0 Å². The van der Waals surface area contributed by atoms with Crippen LogP contribution >= 0.6 is 0 Å². The zero-order chi connectivity index (χ0) is 15.5. The first-order valence-corrected chi connectivity index (χ1v) is 6.98. The number of carbonyl (C=O) groups is 1. The molecule has 1 aromatic rings. The zero-order valence-electron chi connectivity index (χ0n) is 11.6. The summed E-state index contributed by atoms with van der Waals surface area (Å²) < 4.78 is 37.5. The standard InChI is InChI=1S/C14H18F3N3O/c15-14(16,17)10-4-5-12(19-9-10)13(21)20-8-2-1-3-11(20)6-7-18/h4-5,9,11H,1-3,6-8,18H2. The molecule has 2 rings (SSSR count). The summed E-state index contributed by atoms with van der Waals surface area (Å²) in [5.74, 6) is -0.318. The molecule has 2 N–H and O–H groups in total. The molecule has 7 heteroatoms. The van der Waals surface area contributed by atoms with Gasteiger partial charge in [-0.25, -0.2) is 0 Å². The van der Waals surface area contributed by atoms with Crippen LogP contribution in [0.4, 0.5) is 13.2 Å². The molecule has 1 aliphatic heterocycles. The van der Waals surface area contributed by atoms with Crippen LogP contribution in [-0.4, -0.2) is 34.9 Å². The Morgan fingerprint density at radius 2 is 2.14 bits per heavy atom. The predicted octanol–water partition coefficient (Wildman–Crippen LogP) is 2.44. The molecule has 0 saturated carbocycles. The van der Waals surface area contributed by atoms with Gasteiger partial charge >= 0.3 is 6.18 Å². The van der Waals surface area contributed by atoms with E-state index < -0.39 is 11.7 Å². The normalized spacial score (nSPS) is 19.6. The fourth-order valence-corrected chi connectivity index (χ4v) is 2.60. The highest BCUT2D eigenvalue weighted by Crippen LogP contribution is 2.29. The maximum absolute atomic E-state index is 12.5. The van der Waals surface area contributed by atoms with Gasteiger partial charge in [0.15, 0.2) is 0 Å². The third kappa shape index (κ3) is 3.72. The Kier molecular flexibility index (Phi) is 4.82. The third-order valence-corrected chi connectivity index (χ3v) is 3.70. The van der Waals surface area contributed by atoms with Crippen molar-refractivity contribution in [3.63, 3.8) is 0 Å². The molecular formula is C14H18F3N3O. The Bertz CT molecular complexity index is 485. The van der Waals surface area contributed by atoms with Crippen LogP contribution in [0, 0.1) is 0 Å². The van der Waals surface area contributed by atoms with Gasteiger partial charge in [-0.05, 0) is 44.4 Å². The van der Waals surface area contributed by atoms with E-state index in [2.05, 4.69) is 4.98 Å². The quantitative estimate of drug-likeness (QED) is 0.933. The van der Waals surface area contributed by atoms with Crippen molar-refractivity contribution in [1.29, 1.82) is 0 Å². The second-order valence-electron chi connectivity index (χ2n) is 5.16. The average molecular weight is 301 g/mol. The first kappa shape index (κ1) is 15.8. The van der Waals surface area contributed by atoms with Crippen LogP contribution in [0.25, 0.3) is 0 Å². The summed E-state index contributed by atoms with van der Waals surface area (Å²) >= 11 is 0. The van der Waals surface area contributed by atoms with Gasteiger partial charge in [-0.2, -0.15) is 13.2 Å². The number of halogens is 3. The second-order valence-corrected chi connectivity index (χ2v) is 5.16.